The van der Waals surface area contributed by atoms with E-state index >= 15 is 0 Å². The SMILES string of the molecule is CC/C=N\C(C)F. The van der Waals surface area contributed by atoms with Crippen LogP contribution in [0.4, 0.5) is 4.39 Å². The Morgan fingerprint density at radius 3 is 2.57 bits per heavy atom. The van der Waals surface area contributed by atoms with E-state index in [4.69, 9.17) is 0 Å². The highest BCUT2D eigenvalue weighted by Gasteiger charge is 1.83. The maximum atomic E-state index is 11.7. The van der Waals surface area contributed by atoms with Crippen LogP contribution in [0.25, 0.3) is 0 Å². The lowest BCUT2D eigenvalue weighted by Gasteiger charge is -1.85. The van der Waals surface area contributed by atoms with Crippen molar-refractivity contribution < 1.29 is 4.39 Å². The van der Waals surface area contributed by atoms with E-state index in [1.165, 1.54) is 6.92 Å². The molecule has 0 amide bonds. The van der Waals surface area contributed by atoms with E-state index in [1.807, 2.05) is 6.92 Å². The van der Waals surface area contributed by atoms with Crippen molar-refractivity contribution in [2.45, 2.75) is 26.6 Å². The molecule has 1 nitrogen and oxygen atoms in total. The fraction of sp³-hybridized carbons (Fsp3) is 0.800. The standard InChI is InChI=1S/C5H10FN/c1-3-4-7-5(2)6/h4-5H,3H2,1-2H3/b7-4-. The van der Waals surface area contributed by atoms with E-state index in [0.29, 0.717) is 0 Å². The zero-order valence-electron chi connectivity index (χ0n) is 4.69. The Kier molecular flexibility index (Phi) is 3.56. The Morgan fingerprint density at radius 1 is 1.86 bits per heavy atom. The molecule has 0 saturated heterocycles. The van der Waals surface area contributed by atoms with Crippen LogP contribution in [-0.4, -0.2) is 12.5 Å². The zero-order valence-corrected chi connectivity index (χ0v) is 4.69. The van der Waals surface area contributed by atoms with Crippen molar-refractivity contribution in [1.82, 2.24) is 0 Å². The molecule has 0 spiro atoms. The number of halogens is 1. The summed E-state index contributed by atoms with van der Waals surface area (Å²) in [5, 5.41) is 0. The summed E-state index contributed by atoms with van der Waals surface area (Å²) in [6, 6.07) is 0. The van der Waals surface area contributed by atoms with E-state index in [0.717, 1.165) is 6.42 Å². The second-order valence-corrected chi connectivity index (χ2v) is 1.31. The van der Waals surface area contributed by atoms with E-state index < -0.39 is 6.30 Å². The molecule has 0 fully saturated rings. The van der Waals surface area contributed by atoms with Crippen LogP contribution in [0.1, 0.15) is 20.3 Å². The van der Waals surface area contributed by atoms with Crippen LogP contribution in [0, 0.1) is 0 Å². The molecule has 0 rings (SSSR count). The lowest BCUT2D eigenvalue weighted by atomic mass is 10.5. The minimum absolute atomic E-state index is 0.814. The molecule has 2 heteroatoms. The topological polar surface area (TPSA) is 12.4 Å². The Bertz CT molecular complexity index is 59.1. The highest BCUT2D eigenvalue weighted by Crippen LogP contribution is 1.86. The Hall–Kier alpha value is -0.400. The molecule has 0 aliphatic heterocycles. The molecule has 0 radical (unpaired) electrons. The predicted molar refractivity (Wildman–Crippen MR) is 29.4 cm³/mol. The van der Waals surface area contributed by atoms with Crippen molar-refractivity contribution in [3.63, 3.8) is 0 Å². The fourth-order valence-electron chi connectivity index (χ4n) is 0.251. The number of aliphatic imine (C=N–C) groups is 1. The van der Waals surface area contributed by atoms with E-state index in [1.54, 1.807) is 6.21 Å². The Balaban J connectivity index is 3.08. The van der Waals surface area contributed by atoms with Gasteiger partial charge in [-0.2, -0.15) is 0 Å². The van der Waals surface area contributed by atoms with Crippen molar-refractivity contribution in [2.24, 2.45) is 4.99 Å². The average Bonchev–Trinajstić information content (AvgIpc) is 1.61. The molecule has 0 saturated carbocycles. The molecular weight excluding hydrogens is 93.1 g/mol. The highest BCUT2D eigenvalue weighted by molar-refractivity contribution is 5.56. The van der Waals surface area contributed by atoms with Crippen LogP contribution in [0.5, 0.6) is 0 Å². The van der Waals surface area contributed by atoms with Crippen LogP contribution in [0.15, 0.2) is 4.99 Å². The summed E-state index contributed by atoms with van der Waals surface area (Å²) in [6.45, 7) is 3.33. The van der Waals surface area contributed by atoms with Crippen molar-refractivity contribution in [3.05, 3.63) is 0 Å². The van der Waals surface area contributed by atoms with Gasteiger partial charge in [0.05, 0.1) is 0 Å². The number of alkyl halides is 1. The Labute approximate surface area is 43.3 Å². The maximum Gasteiger partial charge on any atom is 0.186 e. The van der Waals surface area contributed by atoms with Gasteiger partial charge in [0.1, 0.15) is 0 Å². The summed E-state index contributed by atoms with van der Waals surface area (Å²) in [7, 11) is 0. The van der Waals surface area contributed by atoms with Gasteiger partial charge in [0.15, 0.2) is 6.30 Å². The summed E-state index contributed by atoms with van der Waals surface area (Å²) < 4.78 is 11.7. The fourth-order valence-corrected chi connectivity index (χ4v) is 0.251. The first-order chi connectivity index (χ1) is 3.27. The van der Waals surface area contributed by atoms with Crippen LogP contribution < -0.4 is 0 Å². The van der Waals surface area contributed by atoms with Gasteiger partial charge in [-0.05, 0) is 13.3 Å². The third-order valence-corrected chi connectivity index (χ3v) is 0.493. The molecule has 0 aromatic carbocycles. The first kappa shape index (κ1) is 6.60. The van der Waals surface area contributed by atoms with Crippen molar-refractivity contribution >= 4 is 6.21 Å². The van der Waals surface area contributed by atoms with E-state index in [9.17, 15) is 4.39 Å². The van der Waals surface area contributed by atoms with Gasteiger partial charge in [-0.1, -0.05) is 6.92 Å². The van der Waals surface area contributed by atoms with E-state index in [2.05, 4.69) is 4.99 Å². The van der Waals surface area contributed by atoms with Gasteiger partial charge in [0, 0.05) is 6.21 Å². The first-order valence-corrected chi connectivity index (χ1v) is 2.43. The lowest BCUT2D eigenvalue weighted by Crippen LogP contribution is -1.84. The summed E-state index contributed by atoms with van der Waals surface area (Å²) in [5.74, 6) is 0. The number of nitrogens with zero attached hydrogens (tertiary/aromatic N) is 1. The third kappa shape index (κ3) is 5.60. The summed E-state index contributed by atoms with van der Waals surface area (Å²) in [4.78, 5) is 3.45. The third-order valence-electron chi connectivity index (χ3n) is 0.493. The number of hydrogen-bond donors (Lipinski definition) is 0. The second-order valence-electron chi connectivity index (χ2n) is 1.31. The molecule has 7 heavy (non-hydrogen) atoms. The van der Waals surface area contributed by atoms with Crippen molar-refractivity contribution in [2.75, 3.05) is 0 Å². The quantitative estimate of drug-likeness (QED) is 0.373. The van der Waals surface area contributed by atoms with Gasteiger partial charge < -0.3 is 0 Å². The van der Waals surface area contributed by atoms with Gasteiger partial charge in [0.2, 0.25) is 0 Å². The van der Waals surface area contributed by atoms with Gasteiger partial charge >= 0.3 is 0 Å². The lowest BCUT2D eigenvalue weighted by molar-refractivity contribution is 0.377. The predicted octanol–water partition coefficient (Wildman–Crippen LogP) is 1.78. The molecule has 0 heterocycles. The maximum absolute atomic E-state index is 11.7. The molecule has 0 N–H and O–H groups in total. The molecule has 0 aliphatic rings. The monoisotopic (exact) mass is 103 g/mol. The van der Waals surface area contributed by atoms with Gasteiger partial charge in [0.25, 0.3) is 0 Å². The largest absolute Gasteiger partial charge is 0.262 e. The molecule has 0 aromatic heterocycles. The second kappa shape index (κ2) is 3.78. The molecular formula is C5H10FN. The molecule has 42 valence electrons. The summed E-state index contributed by atoms with van der Waals surface area (Å²) >= 11 is 0. The highest BCUT2D eigenvalue weighted by atomic mass is 19.1. The summed E-state index contributed by atoms with van der Waals surface area (Å²) in [6.07, 6.45) is 1.36. The molecule has 1 unspecified atom stereocenters. The molecule has 0 aliphatic carbocycles. The number of hydrogen-bond acceptors (Lipinski definition) is 1. The van der Waals surface area contributed by atoms with Crippen molar-refractivity contribution in [3.8, 4) is 0 Å². The first-order valence-electron chi connectivity index (χ1n) is 2.43. The molecule has 0 aromatic rings. The van der Waals surface area contributed by atoms with Crippen LogP contribution >= 0.6 is 0 Å². The minimum Gasteiger partial charge on any atom is -0.262 e. The van der Waals surface area contributed by atoms with Gasteiger partial charge in [-0.15, -0.1) is 0 Å². The Morgan fingerprint density at radius 2 is 2.43 bits per heavy atom. The van der Waals surface area contributed by atoms with Crippen LogP contribution in [0.2, 0.25) is 0 Å². The zero-order chi connectivity index (χ0) is 5.70. The normalized spacial score (nSPS) is 15.3. The van der Waals surface area contributed by atoms with Crippen LogP contribution in [-0.2, 0) is 0 Å². The van der Waals surface area contributed by atoms with Crippen LogP contribution in [0.3, 0.4) is 0 Å². The molecule has 0 bridgehead atoms. The number of rotatable bonds is 2. The van der Waals surface area contributed by atoms with Gasteiger partial charge in [-0.3, -0.25) is 4.99 Å². The summed E-state index contributed by atoms with van der Waals surface area (Å²) in [5.41, 5.74) is 0. The smallest absolute Gasteiger partial charge is 0.186 e. The van der Waals surface area contributed by atoms with Gasteiger partial charge in [-0.25, -0.2) is 4.39 Å². The van der Waals surface area contributed by atoms with E-state index in [-0.39, 0.29) is 0 Å². The average molecular weight is 103 g/mol. The van der Waals surface area contributed by atoms with Crippen molar-refractivity contribution in [1.29, 1.82) is 0 Å². The minimum atomic E-state index is -1.03. The molecule has 1 atom stereocenters.